The molecule has 0 saturated carbocycles. The Hall–Kier alpha value is -3.00. The minimum absolute atomic E-state index is 0.0525. The van der Waals surface area contributed by atoms with E-state index in [1.54, 1.807) is 17.0 Å². The Labute approximate surface area is 149 Å². The van der Waals surface area contributed by atoms with Crippen molar-refractivity contribution >= 4 is 17.4 Å². The fourth-order valence-electron chi connectivity index (χ4n) is 2.41. The van der Waals surface area contributed by atoms with Crippen molar-refractivity contribution in [2.24, 2.45) is 0 Å². The third-order valence-electron chi connectivity index (χ3n) is 3.96. The normalized spacial score (nSPS) is 10.2. The topological polar surface area (TPSA) is 59.4 Å². The molecule has 1 N–H and O–H groups in total. The standard InChI is InChI=1S/C20H24N4O/c1-15(2)24(14-17-7-5-16(13-21)6-8-17)20(25)22-18-9-11-19(12-10-18)23(3)4/h5-12,15H,14H2,1-4H3,(H,22,25). The predicted octanol–water partition coefficient (Wildman–Crippen LogP) is 4.07. The average Bonchev–Trinajstić information content (AvgIpc) is 2.60. The minimum Gasteiger partial charge on any atom is -0.378 e. The maximum atomic E-state index is 12.7. The van der Waals surface area contributed by atoms with Crippen LogP contribution in [0, 0.1) is 11.3 Å². The van der Waals surface area contributed by atoms with Crippen LogP contribution in [0.25, 0.3) is 0 Å². The molecule has 0 saturated heterocycles. The lowest BCUT2D eigenvalue weighted by molar-refractivity contribution is 0.193. The van der Waals surface area contributed by atoms with E-state index in [-0.39, 0.29) is 12.1 Å². The highest BCUT2D eigenvalue weighted by molar-refractivity contribution is 5.89. The summed E-state index contributed by atoms with van der Waals surface area (Å²) in [5.41, 5.74) is 3.45. The van der Waals surface area contributed by atoms with Crippen LogP contribution in [0.3, 0.4) is 0 Å². The fourth-order valence-corrected chi connectivity index (χ4v) is 2.41. The molecule has 2 aromatic carbocycles. The fraction of sp³-hybridized carbons (Fsp3) is 0.300. The van der Waals surface area contributed by atoms with Gasteiger partial charge in [-0.2, -0.15) is 5.26 Å². The van der Waals surface area contributed by atoms with Crippen LogP contribution in [0.15, 0.2) is 48.5 Å². The molecule has 0 atom stereocenters. The molecular formula is C20H24N4O. The summed E-state index contributed by atoms with van der Waals surface area (Å²) in [6.45, 7) is 4.46. The number of amides is 2. The molecule has 5 nitrogen and oxygen atoms in total. The summed E-state index contributed by atoms with van der Waals surface area (Å²) in [7, 11) is 3.96. The second-order valence-electron chi connectivity index (χ2n) is 6.40. The number of nitrogens with one attached hydrogen (secondary N) is 1. The Morgan fingerprint density at radius 2 is 1.68 bits per heavy atom. The third-order valence-corrected chi connectivity index (χ3v) is 3.96. The van der Waals surface area contributed by atoms with Gasteiger partial charge in [0.2, 0.25) is 0 Å². The van der Waals surface area contributed by atoms with Crippen LogP contribution in [0.4, 0.5) is 16.2 Å². The van der Waals surface area contributed by atoms with Crippen LogP contribution in [0.1, 0.15) is 25.0 Å². The van der Waals surface area contributed by atoms with Gasteiger partial charge in [-0.1, -0.05) is 12.1 Å². The molecule has 0 spiro atoms. The van der Waals surface area contributed by atoms with E-state index in [4.69, 9.17) is 5.26 Å². The molecule has 2 amide bonds. The molecule has 5 heteroatoms. The molecule has 0 unspecified atom stereocenters. The van der Waals surface area contributed by atoms with Crippen LogP contribution in [0.2, 0.25) is 0 Å². The summed E-state index contributed by atoms with van der Waals surface area (Å²) in [4.78, 5) is 16.4. The SMILES string of the molecule is CC(C)N(Cc1ccc(C#N)cc1)C(=O)Nc1ccc(N(C)C)cc1. The van der Waals surface area contributed by atoms with Crippen molar-refractivity contribution < 1.29 is 4.79 Å². The largest absolute Gasteiger partial charge is 0.378 e. The van der Waals surface area contributed by atoms with Crippen molar-refractivity contribution in [1.29, 1.82) is 5.26 Å². The number of benzene rings is 2. The van der Waals surface area contributed by atoms with E-state index in [0.29, 0.717) is 12.1 Å². The highest BCUT2D eigenvalue weighted by Crippen LogP contribution is 2.17. The van der Waals surface area contributed by atoms with Gasteiger partial charge in [-0.25, -0.2) is 4.79 Å². The number of carbonyl (C=O) groups excluding carboxylic acids is 1. The first-order chi connectivity index (χ1) is 11.9. The van der Waals surface area contributed by atoms with E-state index < -0.39 is 0 Å². The van der Waals surface area contributed by atoms with Crippen LogP contribution in [-0.4, -0.2) is 31.1 Å². The highest BCUT2D eigenvalue weighted by Gasteiger charge is 2.17. The van der Waals surface area contributed by atoms with Gasteiger partial charge in [0, 0.05) is 38.1 Å². The second kappa shape index (κ2) is 8.20. The monoisotopic (exact) mass is 336 g/mol. The van der Waals surface area contributed by atoms with E-state index in [9.17, 15) is 4.79 Å². The maximum absolute atomic E-state index is 12.7. The third kappa shape index (κ3) is 4.98. The first kappa shape index (κ1) is 18.3. The summed E-state index contributed by atoms with van der Waals surface area (Å²) in [5, 5.41) is 11.8. The number of carbonyl (C=O) groups is 1. The van der Waals surface area contributed by atoms with Gasteiger partial charge in [0.25, 0.3) is 0 Å². The summed E-state index contributed by atoms with van der Waals surface area (Å²) in [6.07, 6.45) is 0. The van der Waals surface area contributed by atoms with E-state index in [1.807, 2.05) is 69.2 Å². The van der Waals surface area contributed by atoms with Crippen LogP contribution in [-0.2, 0) is 6.54 Å². The van der Waals surface area contributed by atoms with Gasteiger partial charge >= 0.3 is 6.03 Å². The number of nitriles is 1. The zero-order valence-electron chi connectivity index (χ0n) is 15.2. The van der Waals surface area contributed by atoms with Crippen molar-refractivity contribution in [2.45, 2.75) is 26.4 Å². The van der Waals surface area contributed by atoms with Gasteiger partial charge < -0.3 is 15.1 Å². The Balaban J connectivity index is 2.07. The maximum Gasteiger partial charge on any atom is 0.322 e. The van der Waals surface area contributed by atoms with E-state index >= 15 is 0 Å². The van der Waals surface area contributed by atoms with Gasteiger partial charge in [-0.15, -0.1) is 0 Å². The molecule has 0 radical (unpaired) electrons. The molecule has 0 fully saturated rings. The number of nitrogens with zero attached hydrogens (tertiary/aromatic N) is 3. The number of hydrogen-bond acceptors (Lipinski definition) is 3. The molecule has 0 aliphatic rings. The molecule has 0 aromatic heterocycles. The Morgan fingerprint density at radius 3 is 2.16 bits per heavy atom. The van der Waals surface area contributed by atoms with Crippen molar-refractivity contribution in [3.05, 3.63) is 59.7 Å². The molecule has 0 heterocycles. The quantitative estimate of drug-likeness (QED) is 0.895. The number of hydrogen-bond donors (Lipinski definition) is 1. The molecule has 25 heavy (non-hydrogen) atoms. The number of urea groups is 1. The second-order valence-corrected chi connectivity index (χ2v) is 6.40. The average molecular weight is 336 g/mol. The molecule has 0 aliphatic heterocycles. The van der Waals surface area contributed by atoms with Gasteiger partial charge in [-0.05, 0) is 55.8 Å². The van der Waals surface area contributed by atoms with Crippen molar-refractivity contribution in [2.75, 3.05) is 24.3 Å². The molecule has 2 aromatic rings. The van der Waals surface area contributed by atoms with Crippen molar-refractivity contribution in [3.8, 4) is 6.07 Å². The van der Waals surface area contributed by atoms with Crippen LogP contribution < -0.4 is 10.2 Å². The Morgan fingerprint density at radius 1 is 1.08 bits per heavy atom. The lowest BCUT2D eigenvalue weighted by atomic mass is 10.1. The number of anilines is 2. The molecule has 0 aliphatic carbocycles. The predicted molar refractivity (Wildman–Crippen MR) is 102 cm³/mol. The van der Waals surface area contributed by atoms with Crippen molar-refractivity contribution in [3.63, 3.8) is 0 Å². The van der Waals surface area contributed by atoms with Crippen LogP contribution in [0.5, 0.6) is 0 Å². The lowest BCUT2D eigenvalue weighted by Crippen LogP contribution is -2.39. The van der Waals surface area contributed by atoms with Gasteiger partial charge in [-0.3, -0.25) is 0 Å². The first-order valence-electron chi connectivity index (χ1n) is 8.24. The highest BCUT2D eigenvalue weighted by atomic mass is 16.2. The summed E-state index contributed by atoms with van der Waals surface area (Å²) in [6, 6.07) is 17.0. The van der Waals surface area contributed by atoms with Crippen molar-refractivity contribution in [1.82, 2.24) is 4.90 Å². The zero-order valence-corrected chi connectivity index (χ0v) is 15.2. The van der Waals surface area contributed by atoms with E-state index in [2.05, 4.69) is 11.4 Å². The van der Waals surface area contributed by atoms with Gasteiger partial charge in [0.05, 0.1) is 11.6 Å². The lowest BCUT2D eigenvalue weighted by Gasteiger charge is -2.27. The summed E-state index contributed by atoms with van der Waals surface area (Å²) < 4.78 is 0. The van der Waals surface area contributed by atoms with E-state index in [0.717, 1.165) is 16.9 Å². The first-order valence-corrected chi connectivity index (χ1v) is 8.24. The molecule has 0 bridgehead atoms. The molecule has 2 rings (SSSR count). The molecule has 130 valence electrons. The number of rotatable bonds is 5. The Kier molecular flexibility index (Phi) is 6.02. The summed E-state index contributed by atoms with van der Waals surface area (Å²) in [5.74, 6) is 0. The van der Waals surface area contributed by atoms with Gasteiger partial charge in [0.1, 0.15) is 0 Å². The summed E-state index contributed by atoms with van der Waals surface area (Å²) >= 11 is 0. The van der Waals surface area contributed by atoms with Gasteiger partial charge in [0.15, 0.2) is 0 Å². The zero-order chi connectivity index (χ0) is 18.4. The smallest absolute Gasteiger partial charge is 0.322 e. The molecular weight excluding hydrogens is 312 g/mol. The van der Waals surface area contributed by atoms with E-state index in [1.165, 1.54) is 0 Å². The van der Waals surface area contributed by atoms with Crippen LogP contribution >= 0.6 is 0 Å². The Bertz CT molecular complexity index is 743. The minimum atomic E-state index is -0.142.